The van der Waals surface area contributed by atoms with E-state index in [1.54, 1.807) is 24.3 Å². The van der Waals surface area contributed by atoms with E-state index in [-0.39, 0.29) is 17.0 Å². The van der Waals surface area contributed by atoms with Crippen molar-refractivity contribution < 1.29 is 27.5 Å². The van der Waals surface area contributed by atoms with Crippen LogP contribution >= 0.6 is 11.6 Å². The lowest BCUT2D eigenvalue weighted by atomic mass is 9.91. The molecule has 0 aliphatic carbocycles. The molecule has 1 aliphatic rings. The zero-order valence-corrected chi connectivity index (χ0v) is 19.0. The van der Waals surface area contributed by atoms with Crippen molar-refractivity contribution in [2.75, 3.05) is 11.1 Å². The Kier molecular flexibility index (Phi) is 6.05. The molecule has 1 aliphatic heterocycles. The minimum atomic E-state index is -3.95. The number of amides is 2. The minimum Gasteiger partial charge on any atom is -0.465 e. The molecular weight excluding hydrogens is 461 g/mol. The molecule has 3 N–H and O–H groups in total. The first kappa shape index (κ1) is 23.7. The molecule has 3 rings (SSSR count). The van der Waals surface area contributed by atoms with Gasteiger partial charge in [-0.3, -0.25) is 15.1 Å². The predicted molar refractivity (Wildman–Crippen MR) is 120 cm³/mol. The van der Waals surface area contributed by atoms with E-state index in [9.17, 15) is 22.4 Å². The molecule has 11 heteroatoms. The zero-order chi connectivity index (χ0) is 23.9. The summed E-state index contributed by atoms with van der Waals surface area (Å²) < 4.78 is 39.1. The van der Waals surface area contributed by atoms with Crippen molar-refractivity contribution >= 4 is 45.0 Å². The fourth-order valence-corrected chi connectivity index (χ4v) is 5.18. The van der Waals surface area contributed by atoms with Crippen molar-refractivity contribution in [3.05, 3.63) is 64.4 Å². The van der Waals surface area contributed by atoms with E-state index in [0.29, 0.717) is 10.7 Å². The highest BCUT2D eigenvalue weighted by molar-refractivity contribution is 7.93. The van der Waals surface area contributed by atoms with Crippen LogP contribution in [-0.4, -0.2) is 41.9 Å². The molecule has 0 bridgehead atoms. The second kappa shape index (κ2) is 8.18. The number of rotatable bonds is 3. The number of nitrogens with zero attached hydrogens (tertiary/aromatic N) is 1. The summed E-state index contributed by atoms with van der Waals surface area (Å²) in [5.41, 5.74) is -1.27. The van der Waals surface area contributed by atoms with Crippen LogP contribution in [0.15, 0.2) is 47.5 Å². The molecule has 0 fully saturated rings. The standard InChI is InChI=1S/C21H21ClFN3O5S/c1-20(2)18(25-19(28)29)26-21(3,11-32(20,30)31)15-10-12(4-9-16(15)23)17(27)24-14-7-5-13(22)6-8-14/h4-10H,11H2,1-3H3,(H,24,27)(H,25,26)(H,28,29). The Bertz CT molecular complexity index is 1230. The number of halogens is 2. The number of aliphatic imine (C=N–C) groups is 1. The Labute approximate surface area is 189 Å². The Hall–Kier alpha value is -2.98. The first-order valence-electron chi connectivity index (χ1n) is 9.45. The van der Waals surface area contributed by atoms with Crippen molar-refractivity contribution in [3.63, 3.8) is 0 Å². The molecule has 32 heavy (non-hydrogen) atoms. The lowest BCUT2D eigenvalue weighted by molar-refractivity contribution is 0.102. The molecular formula is C21H21ClFN3O5S. The normalized spacial score (nSPS) is 21.3. The number of nitrogens with one attached hydrogen (secondary N) is 2. The molecule has 0 aromatic heterocycles. The van der Waals surface area contributed by atoms with Gasteiger partial charge < -0.3 is 10.4 Å². The van der Waals surface area contributed by atoms with Crippen LogP contribution in [0.2, 0.25) is 5.02 Å². The Morgan fingerprint density at radius 2 is 1.72 bits per heavy atom. The third-order valence-corrected chi connectivity index (χ3v) is 8.26. The number of hydrogen-bond acceptors (Lipinski definition) is 5. The number of carbonyl (C=O) groups excluding carboxylic acids is 1. The van der Waals surface area contributed by atoms with Crippen LogP contribution in [0, 0.1) is 5.82 Å². The van der Waals surface area contributed by atoms with Crippen molar-refractivity contribution in [2.45, 2.75) is 31.1 Å². The van der Waals surface area contributed by atoms with Crippen LogP contribution in [0.1, 0.15) is 36.7 Å². The molecule has 0 saturated carbocycles. The third kappa shape index (κ3) is 4.46. The number of benzene rings is 2. The van der Waals surface area contributed by atoms with Crippen molar-refractivity contribution in [2.24, 2.45) is 4.99 Å². The summed E-state index contributed by atoms with van der Waals surface area (Å²) in [5, 5.41) is 14.3. The predicted octanol–water partition coefficient (Wildman–Crippen LogP) is 3.82. The molecule has 2 aromatic carbocycles. The van der Waals surface area contributed by atoms with Gasteiger partial charge in [0.25, 0.3) is 5.91 Å². The van der Waals surface area contributed by atoms with E-state index in [2.05, 4.69) is 10.3 Å². The smallest absolute Gasteiger partial charge is 0.410 e. The lowest BCUT2D eigenvalue weighted by Crippen LogP contribution is -2.57. The fourth-order valence-electron chi connectivity index (χ4n) is 3.34. The van der Waals surface area contributed by atoms with Crippen LogP contribution in [-0.2, 0) is 15.4 Å². The van der Waals surface area contributed by atoms with Crippen molar-refractivity contribution in [1.29, 1.82) is 0 Å². The molecule has 8 nitrogen and oxygen atoms in total. The van der Waals surface area contributed by atoms with Crippen LogP contribution in [0.5, 0.6) is 0 Å². The molecule has 2 aromatic rings. The maximum atomic E-state index is 14.8. The summed E-state index contributed by atoms with van der Waals surface area (Å²) in [7, 11) is -3.95. The van der Waals surface area contributed by atoms with E-state index < -0.39 is 43.7 Å². The number of carbonyl (C=O) groups is 2. The summed E-state index contributed by atoms with van der Waals surface area (Å²) in [6.07, 6.45) is -1.49. The summed E-state index contributed by atoms with van der Waals surface area (Å²) in [4.78, 5) is 28.2. The van der Waals surface area contributed by atoms with Crippen LogP contribution < -0.4 is 10.6 Å². The number of hydrogen-bond donors (Lipinski definition) is 3. The topological polar surface area (TPSA) is 125 Å². The average Bonchev–Trinajstić information content (AvgIpc) is 2.67. The monoisotopic (exact) mass is 481 g/mol. The highest BCUT2D eigenvalue weighted by Crippen LogP contribution is 2.38. The van der Waals surface area contributed by atoms with E-state index in [1.165, 1.54) is 32.9 Å². The quantitative estimate of drug-likeness (QED) is 0.614. The molecule has 170 valence electrons. The Balaban J connectivity index is 2.05. The van der Waals surface area contributed by atoms with E-state index in [1.807, 2.05) is 5.32 Å². The summed E-state index contributed by atoms with van der Waals surface area (Å²) >= 11 is 5.83. The SMILES string of the molecule is CC1(c2cc(C(=O)Nc3ccc(Cl)cc3)ccc2F)CS(=O)(=O)C(C)(C)C(NC(=O)O)=N1. The zero-order valence-electron chi connectivity index (χ0n) is 17.4. The highest BCUT2D eigenvalue weighted by Gasteiger charge is 2.51. The lowest BCUT2D eigenvalue weighted by Gasteiger charge is -2.39. The molecule has 1 atom stereocenters. The number of amidine groups is 1. The number of carboxylic acid groups (broad SMARTS) is 1. The van der Waals surface area contributed by atoms with Gasteiger partial charge >= 0.3 is 6.09 Å². The second-order valence-electron chi connectivity index (χ2n) is 8.09. The van der Waals surface area contributed by atoms with Gasteiger partial charge in [0, 0.05) is 21.8 Å². The van der Waals surface area contributed by atoms with Gasteiger partial charge in [-0.1, -0.05) is 11.6 Å². The first-order chi connectivity index (χ1) is 14.7. The Morgan fingerprint density at radius 3 is 2.31 bits per heavy atom. The van der Waals surface area contributed by atoms with Crippen LogP contribution in [0.4, 0.5) is 14.9 Å². The van der Waals surface area contributed by atoms with Gasteiger partial charge in [0.15, 0.2) is 9.84 Å². The van der Waals surface area contributed by atoms with Crippen LogP contribution in [0.25, 0.3) is 0 Å². The Morgan fingerprint density at radius 1 is 1.09 bits per heavy atom. The van der Waals surface area contributed by atoms with Gasteiger partial charge in [-0.2, -0.15) is 0 Å². The second-order valence-corrected chi connectivity index (χ2v) is 11.1. The maximum absolute atomic E-state index is 14.8. The molecule has 0 spiro atoms. The third-order valence-electron chi connectivity index (χ3n) is 5.31. The van der Waals surface area contributed by atoms with Crippen molar-refractivity contribution in [3.8, 4) is 0 Å². The molecule has 0 saturated heterocycles. The number of anilines is 1. The highest BCUT2D eigenvalue weighted by atomic mass is 35.5. The fraction of sp³-hybridized carbons (Fsp3) is 0.286. The van der Waals surface area contributed by atoms with E-state index in [0.717, 1.165) is 6.07 Å². The maximum Gasteiger partial charge on any atom is 0.410 e. The van der Waals surface area contributed by atoms with Gasteiger partial charge in [-0.25, -0.2) is 17.6 Å². The van der Waals surface area contributed by atoms with Gasteiger partial charge in [-0.05, 0) is 63.2 Å². The minimum absolute atomic E-state index is 0.0720. The first-order valence-corrected chi connectivity index (χ1v) is 11.5. The van der Waals surface area contributed by atoms with Crippen molar-refractivity contribution in [1.82, 2.24) is 5.32 Å². The van der Waals surface area contributed by atoms with E-state index in [4.69, 9.17) is 16.7 Å². The summed E-state index contributed by atoms with van der Waals surface area (Å²) in [5.74, 6) is -2.22. The average molecular weight is 482 g/mol. The summed E-state index contributed by atoms with van der Waals surface area (Å²) in [6.45, 7) is 4.02. The summed E-state index contributed by atoms with van der Waals surface area (Å²) in [6, 6.07) is 9.89. The van der Waals surface area contributed by atoms with Gasteiger partial charge in [0.2, 0.25) is 0 Å². The molecule has 0 radical (unpaired) electrons. The molecule has 1 unspecified atom stereocenters. The van der Waals surface area contributed by atoms with Gasteiger partial charge in [0.1, 0.15) is 21.9 Å². The van der Waals surface area contributed by atoms with E-state index >= 15 is 0 Å². The van der Waals surface area contributed by atoms with Gasteiger partial charge in [-0.15, -0.1) is 0 Å². The van der Waals surface area contributed by atoms with Gasteiger partial charge in [0.05, 0.1) is 5.75 Å². The molecule has 2 amide bonds. The van der Waals surface area contributed by atoms with Crippen LogP contribution in [0.3, 0.4) is 0 Å². The largest absolute Gasteiger partial charge is 0.465 e. The number of sulfone groups is 1. The molecule has 1 heterocycles.